The summed E-state index contributed by atoms with van der Waals surface area (Å²) in [7, 11) is 3.81. The highest BCUT2D eigenvalue weighted by atomic mass is 16.7. The minimum absolute atomic E-state index is 0.0594. The summed E-state index contributed by atoms with van der Waals surface area (Å²) in [4.78, 5) is 0. The first kappa shape index (κ1) is 30.5. The Hall–Kier alpha value is -1.20. The van der Waals surface area contributed by atoms with Crippen LogP contribution in [0.25, 0.3) is 0 Å². The summed E-state index contributed by atoms with van der Waals surface area (Å²) >= 11 is 0. The van der Waals surface area contributed by atoms with E-state index in [1.807, 2.05) is 14.2 Å². The highest BCUT2D eigenvalue weighted by Gasteiger charge is 2.70. The third-order valence-corrected chi connectivity index (χ3v) is 15.4. The van der Waals surface area contributed by atoms with Crippen molar-refractivity contribution in [2.24, 2.45) is 50.2 Å². The Morgan fingerprint density at radius 1 is 0.744 bits per heavy atom. The van der Waals surface area contributed by atoms with Crippen molar-refractivity contribution < 1.29 is 18.9 Å². The fraction of sp³-hybridized carbons (Fsp3) is 0.795. The molecule has 0 bridgehead atoms. The van der Waals surface area contributed by atoms with Gasteiger partial charge in [0.05, 0.1) is 24.9 Å². The van der Waals surface area contributed by atoms with Crippen LogP contribution in [0.3, 0.4) is 0 Å². The maximum atomic E-state index is 6.81. The van der Waals surface area contributed by atoms with Gasteiger partial charge in [-0.15, -0.1) is 0 Å². The zero-order chi connectivity index (χ0) is 30.6. The normalized spacial score (nSPS) is 52.0. The van der Waals surface area contributed by atoms with Crippen LogP contribution in [0.2, 0.25) is 0 Å². The lowest BCUT2D eigenvalue weighted by Crippen LogP contribution is -2.68. The second-order valence-electron chi connectivity index (χ2n) is 17.6. The molecule has 43 heavy (non-hydrogen) atoms. The maximum Gasteiger partial charge on any atom is 0.184 e. The second kappa shape index (κ2) is 9.90. The first-order chi connectivity index (χ1) is 20.3. The predicted octanol–water partition coefficient (Wildman–Crippen LogP) is 9.15. The Balaban J connectivity index is 1.21. The molecule has 12 atom stereocenters. The first-order valence-corrected chi connectivity index (χ1v) is 17.4. The standard InChI is InChI=1S/C39H58O4/c1-34(2)23-27-26-15-16-29-36(4)19-18-30-37(5,24-42-33(43-30)25-13-11-10-12-14-25)28(36)17-20-39(29,7)38(26,6)22-21-35(27,3)32(41-9)31(34)40-8/h10-15,27-33H,16-24H2,1-9H3/t27-,28?,29-,30?,31+,32-,33?,35-,36+,37+,38-,39-/m1/s1. The molecule has 0 radical (unpaired) electrons. The van der Waals surface area contributed by atoms with Crippen molar-refractivity contribution in [2.75, 3.05) is 20.8 Å². The number of hydrogen-bond acceptors (Lipinski definition) is 4. The van der Waals surface area contributed by atoms with E-state index in [9.17, 15) is 0 Å². The van der Waals surface area contributed by atoms with Crippen LogP contribution >= 0.6 is 0 Å². The lowest BCUT2D eigenvalue weighted by atomic mass is 9.33. The number of rotatable bonds is 3. The minimum atomic E-state index is -0.235. The zero-order valence-corrected chi connectivity index (χ0v) is 28.5. The van der Waals surface area contributed by atoms with Crippen molar-refractivity contribution in [3.05, 3.63) is 47.5 Å². The highest BCUT2D eigenvalue weighted by Crippen LogP contribution is 2.76. The lowest BCUT2D eigenvalue weighted by molar-refractivity contribution is -0.318. The van der Waals surface area contributed by atoms with Gasteiger partial charge in [-0.1, -0.05) is 90.4 Å². The molecule has 5 aliphatic carbocycles. The van der Waals surface area contributed by atoms with Gasteiger partial charge < -0.3 is 18.9 Å². The van der Waals surface area contributed by atoms with Crippen LogP contribution in [0.15, 0.2) is 42.0 Å². The monoisotopic (exact) mass is 590 g/mol. The van der Waals surface area contributed by atoms with E-state index < -0.39 is 0 Å². The number of benzene rings is 1. The number of hydrogen-bond donors (Lipinski definition) is 0. The Morgan fingerprint density at radius 2 is 1.47 bits per heavy atom. The van der Waals surface area contributed by atoms with Gasteiger partial charge in [-0.05, 0) is 90.8 Å². The average Bonchev–Trinajstić information content (AvgIpc) is 2.97. The van der Waals surface area contributed by atoms with Gasteiger partial charge in [0, 0.05) is 30.6 Å². The molecule has 3 unspecified atom stereocenters. The Labute approximate surface area is 261 Å². The van der Waals surface area contributed by atoms with Crippen molar-refractivity contribution in [3.8, 4) is 0 Å². The number of fused-ring (bicyclic) bond motifs is 9. The van der Waals surface area contributed by atoms with Crippen LogP contribution in [0, 0.1) is 50.2 Å². The van der Waals surface area contributed by atoms with Crippen molar-refractivity contribution in [1.29, 1.82) is 0 Å². The van der Waals surface area contributed by atoms with Crippen molar-refractivity contribution >= 4 is 0 Å². The molecular weight excluding hydrogens is 532 g/mol. The average molecular weight is 591 g/mol. The lowest BCUT2D eigenvalue weighted by Gasteiger charge is -2.72. The predicted molar refractivity (Wildman–Crippen MR) is 171 cm³/mol. The summed E-state index contributed by atoms with van der Waals surface area (Å²) in [6, 6.07) is 10.5. The van der Waals surface area contributed by atoms with Crippen molar-refractivity contribution in [3.63, 3.8) is 0 Å². The topological polar surface area (TPSA) is 36.9 Å². The molecular formula is C39H58O4. The molecule has 4 heteroatoms. The van der Waals surface area contributed by atoms with Crippen LogP contribution < -0.4 is 0 Å². The van der Waals surface area contributed by atoms with Crippen LogP contribution in [0.4, 0.5) is 0 Å². The molecule has 1 aromatic rings. The summed E-state index contributed by atoms with van der Waals surface area (Å²) in [5, 5.41) is 0. The van der Waals surface area contributed by atoms with Gasteiger partial charge in [0.15, 0.2) is 6.29 Å². The van der Waals surface area contributed by atoms with E-state index >= 15 is 0 Å². The van der Waals surface area contributed by atoms with E-state index in [1.165, 1.54) is 44.9 Å². The molecule has 0 amide bonds. The molecule has 4 saturated carbocycles. The van der Waals surface area contributed by atoms with Gasteiger partial charge in [-0.2, -0.15) is 0 Å². The molecule has 0 N–H and O–H groups in total. The van der Waals surface area contributed by atoms with E-state index in [1.54, 1.807) is 5.57 Å². The van der Waals surface area contributed by atoms with E-state index in [-0.39, 0.29) is 46.3 Å². The van der Waals surface area contributed by atoms with Crippen LogP contribution in [0.1, 0.15) is 112 Å². The van der Waals surface area contributed by atoms with Gasteiger partial charge in [-0.3, -0.25) is 0 Å². The molecule has 5 fully saturated rings. The summed E-state index contributed by atoms with van der Waals surface area (Å²) in [5.74, 6) is 1.85. The van der Waals surface area contributed by atoms with E-state index in [2.05, 4.69) is 84.9 Å². The summed E-state index contributed by atoms with van der Waals surface area (Å²) in [6.07, 6.45) is 12.9. The summed E-state index contributed by atoms with van der Waals surface area (Å²) < 4.78 is 25.9. The Kier molecular flexibility index (Phi) is 7.01. The molecule has 4 nitrogen and oxygen atoms in total. The molecule has 1 saturated heterocycles. The molecule has 7 rings (SSSR count). The minimum Gasteiger partial charge on any atom is -0.378 e. The number of ether oxygens (including phenoxy) is 4. The van der Waals surface area contributed by atoms with E-state index in [4.69, 9.17) is 18.9 Å². The Morgan fingerprint density at radius 3 is 2.16 bits per heavy atom. The largest absolute Gasteiger partial charge is 0.378 e. The third-order valence-electron chi connectivity index (χ3n) is 15.4. The molecule has 1 heterocycles. The summed E-state index contributed by atoms with van der Waals surface area (Å²) in [6.45, 7) is 18.7. The van der Waals surface area contributed by atoms with E-state index in [0.717, 1.165) is 18.6 Å². The van der Waals surface area contributed by atoms with Crippen LogP contribution in [-0.2, 0) is 18.9 Å². The number of allylic oxidation sites excluding steroid dienone is 2. The van der Waals surface area contributed by atoms with Gasteiger partial charge >= 0.3 is 0 Å². The van der Waals surface area contributed by atoms with Gasteiger partial charge in [0.2, 0.25) is 0 Å². The highest BCUT2D eigenvalue weighted by molar-refractivity contribution is 5.35. The van der Waals surface area contributed by atoms with E-state index in [0.29, 0.717) is 28.6 Å². The maximum absolute atomic E-state index is 6.81. The summed E-state index contributed by atoms with van der Waals surface area (Å²) in [5.41, 5.74) is 3.96. The first-order valence-electron chi connectivity index (χ1n) is 17.4. The molecule has 1 aromatic carbocycles. The number of methoxy groups -OCH3 is 2. The van der Waals surface area contributed by atoms with Crippen LogP contribution in [-0.4, -0.2) is 39.1 Å². The fourth-order valence-electron chi connectivity index (χ4n) is 12.9. The van der Waals surface area contributed by atoms with Gasteiger partial charge in [0.25, 0.3) is 0 Å². The van der Waals surface area contributed by atoms with Gasteiger partial charge in [0.1, 0.15) is 0 Å². The molecule has 6 aliphatic rings. The molecule has 0 aromatic heterocycles. The van der Waals surface area contributed by atoms with Crippen LogP contribution in [0.5, 0.6) is 0 Å². The second-order valence-corrected chi connectivity index (χ2v) is 17.6. The molecule has 238 valence electrons. The Bertz CT molecular complexity index is 1260. The molecule has 1 aliphatic heterocycles. The third kappa shape index (κ3) is 3.94. The van der Waals surface area contributed by atoms with Crippen molar-refractivity contribution in [2.45, 2.75) is 124 Å². The van der Waals surface area contributed by atoms with Gasteiger partial charge in [-0.25, -0.2) is 0 Å². The molecule has 0 spiro atoms. The quantitative estimate of drug-likeness (QED) is 0.329. The zero-order valence-electron chi connectivity index (χ0n) is 28.5. The fourth-order valence-corrected chi connectivity index (χ4v) is 12.9. The smallest absolute Gasteiger partial charge is 0.184 e. The SMILES string of the molecule is CO[C@@H]1[C@H](OC)C(C)(C)C[C@@H]2C3=CC[C@@H]4[C@@]5(C)CCC6OC(c7ccccc7)OC[C@@]6(C)C5CC[C@@]4(C)[C@]3(C)CC[C@]21C. The van der Waals surface area contributed by atoms with Crippen molar-refractivity contribution in [1.82, 2.24) is 0 Å².